The number of benzene rings is 1. The van der Waals surface area contributed by atoms with Gasteiger partial charge in [0.1, 0.15) is 30.5 Å². The van der Waals surface area contributed by atoms with E-state index in [1.807, 2.05) is 22.8 Å². The van der Waals surface area contributed by atoms with E-state index in [1.54, 1.807) is 6.33 Å². The molecule has 1 unspecified atom stereocenters. The van der Waals surface area contributed by atoms with Gasteiger partial charge in [-0.15, -0.1) is 0 Å². The lowest BCUT2D eigenvalue weighted by Gasteiger charge is -2.25. The summed E-state index contributed by atoms with van der Waals surface area (Å²) in [7, 11) is 0. The highest BCUT2D eigenvalue weighted by Crippen LogP contribution is 2.29. The van der Waals surface area contributed by atoms with Crippen molar-refractivity contribution in [1.82, 2.24) is 19.5 Å². The van der Waals surface area contributed by atoms with E-state index >= 15 is 0 Å². The summed E-state index contributed by atoms with van der Waals surface area (Å²) in [6.07, 6.45) is 5.25. The molecule has 2 aromatic heterocycles. The molecule has 1 fully saturated rings. The molecule has 1 atom stereocenters. The first-order valence-corrected chi connectivity index (χ1v) is 8.34. The van der Waals surface area contributed by atoms with Crippen LogP contribution in [0.3, 0.4) is 0 Å². The predicted octanol–water partition coefficient (Wildman–Crippen LogP) is 2.61. The molecule has 1 N–H and O–H groups in total. The van der Waals surface area contributed by atoms with Gasteiger partial charge in [0.2, 0.25) is 0 Å². The average molecular weight is 324 g/mol. The fourth-order valence-corrected chi connectivity index (χ4v) is 3.26. The highest BCUT2D eigenvalue weighted by Gasteiger charge is 2.24. The van der Waals surface area contributed by atoms with Crippen molar-refractivity contribution in [1.29, 1.82) is 0 Å². The number of imidazole rings is 1. The van der Waals surface area contributed by atoms with Crippen molar-refractivity contribution in [2.75, 3.05) is 6.61 Å². The normalized spacial score (nSPS) is 18.1. The molecular weight excluding hydrogens is 304 g/mol. The summed E-state index contributed by atoms with van der Waals surface area (Å²) < 4.78 is 7.82. The van der Waals surface area contributed by atoms with Gasteiger partial charge in [-0.1, -0.05) is 30.3 Å². The Morgan fingerprint density at radius 3 is 2.79 bits per heavy atom. The van der Waals surface area contributed by atoms with Gasteiger partial charge >= 0.3 is 0 Å². The molecule has 3 heterocycles. The van der Waals surface area contributed by atoms with Gasteiger partial charge < -0.3 is 9.84 Å². The monoisotopic (exact) mass is 324 g/mol. The third-order valence-corrected chi connectivity index (χ3v) is 4.43. The zero-order valence-electron chi connectivity index (χ0n) is 13.4. The maximum absolute atomic E-state index is 9.74. The Hall–Kier alpha value is -2.31. The van der Waals surface area contributed by atoms with Crippen LogP contribution in [0.2, 0.25) is 0 Å². The number of rotatable bonds is 4. The number of nitrogens with zero attached hydrogens (tertiary/aromatic N) is 4. The van der Waals surface area contributed by atoms with E-state index in [4.69, 9.17) is 4.74 Å². The van der Waals surface area contributed by atoms with Gasteiger partial charge in [0.15, 0.2) is 5.65 Å². The number of hydrogen-bond acceptors (Lipinski definition) is 5. The number of fused-ring (bicyclic) bond motifs is 1. The van der Waals surface area contributed by atoms with Crippen molar-refractivity contribution in [3.05, 3.63) is 53.7 Å². The summed E-state index contributed by atoms with van der Waals surface area (Å²) in [6.45, 7) is 0.595. The van der Waals surface area contributed by atoms with Gasteiger partial charge in [-0.2, -0.15) is 0 Å². The number of aromatic nitrogens is 4. The fraction of sp³-hybridized carbons (Fsp3) is 0.389. The third kappa shape index (κ3) is 2.79. The number of ether oxygens (including phenoxy) is 1. The Morgan fingerprint density at radius 2 is 2.04 bits per heavy atom. The van der Waals surface area contributed by atoms with Gasteiger partial charge in [0.25, 0.3) is 0 Å². The zero-order valence-corrected chi connectivity index (χ0v) is 13.4. The number of aliphatic hydroxyl groups is 1. The minimum absolute atomic E-state index is 0.106. The maximum Gasteiger partial charge on any atom is 0.165 e. The fourth-order valence-electron chi connectivity index (χ4n) is 3.26. The van der Waals surface area contributed by atoms with Crippen LogP contribution in [0.4, 0.5) is 0 Å². The molecular formula is C18H20N4O2. The van der Waals surface area contributed by atoms with Crippen molar-refractivity contribution < 1.29 is 9.84 Å². The van der Waals surface area contributed by atoms with Crippen molar-refractivity contribution >= 4 is 11.2 Å². The zero-order chi connectivity index (χ0) is 16.4. The molecule has 1 saturated heterocycles. The molecule has 0 bridgehead atoms. The molecule has 1 aromatic carbocycles. The molecule has 1 aliphatic rings. The number of aliphatic hydroxyl groups excluding tert-OH is 1. The smallest absolute Gasteiger partial charge is 0.165 e. The molecule has 6 nitrogen and oxygen atoms in total. The van der Waals surface area contributed by atoms with Crippen LogP contribution in [0.25, 0.3) is 11.2 Å². The maximum atomic E-state index is 9.74. The molecule has 1 aliphatic heterocycles. The molecule has 0 amide bonds. The van der Waals surface area contributed by atoms with E-state index in [-0.39, 0.29) is 12.8 Å². The van der Waals surface area contributed by atoms with E-state index in [0.29, 0.717) is 12.2 Å². The summed E-state index contributed by atoms with van der Waals surface area (Å²) in [6, 6.07) is 10.2. The van der Waals surface area contributed by atoms with Crippen LogP contribution in [0.5, 0.6) is 0 Å². The summed E-state index contributed by atoms with van der Waals surface area (Å²) >= 11 is 0. The minimum Gasteiger partial charge on any atom is -0.388 e. The summed E-state index contributed by atoms with van der Waals surface area (Å²) in [4.78, 5) is 13.5. The molecule has 3 aromatic rings. The second-order valence-electron chi connectivity index (χ2n) is 6.03. The molecule has 0 spiro atoms. The van der Waals surface area contributed by atoms with Gasteiger partial charge in [0, 0.05) is 13.0 Å². The van der Waals surface area contributed by atoms with Crippen LogP contribution in [-0.2, 0) is 17.8 Å². The first-order valence-electron chi connectivity index (χ1n) is 8.34. The lowest BCUT2D eigenvalue weighted by Crippen LogP contribution is -2.20. The van der Waals surface area contributed by atoms with Crippen LogP contribution in [-0.4, -0.2) is 31.2 Å². The van der Waals surface area contributed by atoms with Crippen LogP contribution >= 0.6 is 0 Å². The molecule has 0 aliphatic carbocycles. The Labute approximate surface area is 140 Å². The van der Waals surface area contributed by atoms with Gasteiger partial charge in [0.05, 0.1) is 5.69 Å². The van der Waals surface area contributed by atoms with E-state index in [1.165, 1.54) is 5.56 Å². The Morgan fingerprint density at radius 1 is 1.17 bits per heavy atom. The molecule has 4 rings (SSSR count). The molecule has 124 valence electrons. The topological polar surface area (TPSA) is 73.1 Å². The standard InChI is InChI=1S/C18H20N4O2/c23-11-15-21-17-14(10-13-6-2-1-3-7-13)19-12-20-18(17)22(15)16-8-4-5-9-24-16/h1-3,6-7,12,16,23H,4-5,8-11H2. The molecule has 24 heavy (non-hydrogen) atoms. The second-order valence-corrected chi connectivity index (χ2v) is 6.03. The summed E-state index contributed by atoms with van der Waals surface area (Å²) in [5, 5.41) is 9.74. The SMILES string of the molecule is OCc1nc2c(Cc3ccccc3)ncnc2n1C1CCCCO1. The van der Waals surface area contributed by atoms with Crippen molar-refractivity contribution in [3.63, 3.8) is 0 Å². The van der Waals surface area contributed by atoms with E-state index < -0.39 is 0 Å². The molecule has 0 radical (unpaired) electrons. The van der Waals surface area contributed by atoms with Gasteiger partial charge in [-0.25, -0.2) is 15.0 Å². The first-order chi connectivity index (χ1) is 11.9. The van der Waals surface area contributed by atoms with Crippen molar-refractivity contribution in [2.45, 2.75) is 38.5 Å². The van der Waals surface area contributed by atoms with Crippen LogP contribution in [0.1, 0.15) is 42.6 Å². The summed E-state index contributed by atoms with van der Waals surface area (Å²) in [5.41, 5.74) is 3.54. The van der Waals surface area contributed by atoms with E-state index in [2.05, 4.69) is 27.1 Å². The largest absolute Gasteiger partial charge is 0.388 e. The van der Waals surface area contributed by atoms with E-state index in [9.17, 15) is 5.11 Å². The predicted molar refractivity (Wildman–Crippen MR) is 89.3 cm³/mol. The van der Waals surface area contributed by atoms with Gasteiger partial charge in [-0.3, -0.25) is 4.57 Å². The summed E-state index contributed by atoms with van der Waals surface area (Å²) in [5.74, 6) is 0.590. The first kappa shape index (κ1) is 15.2. The Bertz CT molecular complexity index is 826. The average Bonchev–Trinajstić information content (AvgIpc) is 3.03. The van der Waals surface area contributed by atoms with E-state index in [0.717, 1.165) is 42.7 Å². The minimum atomic E-state index is -0.138. The molecule has 6 heteroatoms. The Balaban J connectivity index is 1.78. The third-order valence-electron chi connectivity index (χ3n) is 4.43. The highest BCUT2D eigenvalue weighted by molar-refractivity contribution is 5.74. The lowest BCUT2D eigenvalue weighted by molar-refractivity contribution is -0.0329. The Kier molecular flexibility index (Phi) is 4.23. The van der Waals surface area contributed by atoms with Crippen LogP contribution in [0.15, 0.2) is 36.7 Å². The highest BCUT2D eigenvalue weighted by atomic mass is 16.5. The van der Waals surface area contributed by atoms with Crippen LogP contribution in [0, 0.1) is 0 Å². The van der Waals surface area contributed by atoms with Crippen molar-refractivity contribution in [2.24, 2.45) is 0 Å². The second kappa shape index (κ2) is 6.67. The van der Waals surface area contributed by atoms with Gasteiger partial charge in [-0.05, 0) is 24.8 Å². The number of hydrogen-bond donors (Lipinski definition) is 1. The van der Waals surface area contributed by atoms with Crippen LogP contribution < -0.4 is 0 Å². The lowest BCUT2D eigenvalue weighted by atomic mass is 10.1. The molecule has 0 saturated carbocycles. The van der Waals surface area contributed by atoms with Crippen molar-refractivity contribution in [3.8, 4) is 0 Å². The quantitative estimate of drug-likeness (QED) is 0.798.